The fourth-order valence-electron chi connectivity index (χ4n) is 1.34. The fraction of sp³-hybridized carbons (Fsp3) is 0.400. The van der Waals surface area contributed by atoms with Crippen molar-refractivity contribution in [3.8, 4) is 0 Å². The van der Waals surface area contributed by atoms with Crippen LogP contribution in [0.1, 0.15) is 0 Å². The molecule has 20 heavy (non-hydrogen) atoms. The van der Waals surface area contributed by atoms with Crippen molar-refractivity contribution < 1.29 is 28.1 Å². The number of benzene rings is 1. The average Bonchev–Trinajstić information content (AvgIpc) is 2.40. The highest BCUT2D eigenvalue weighted by Crippen LogP contribution is 2.27. The molecule has 0 unspecified atom stereocenters. The SMILES string of the molecule is Nc1cc(S(=O)(=O)NC(CO)(CO)CO)c(Cl)cc1F. The Morgan fingerprint density at radius 2 is 1.75 bits per heavy atom. The fourth-order valence-corrected chi connectivity index (χ4v) is 3.26. The number of hydrogen-bond donors (Lipinski definition) is 5. The molecule has 6 N–H and O–H groups in total. The molecule has 0 aliphatic carbocycles. The Balaban J connectivity index is 3.28. The number of nitrogen functional groups attached to an aromatic ring is 1. The minimum Gasteiger partial charge on any atom is -0.396 e. The van der Waals surface area contributed by atoms with Gasteiger partial charge in [0.15, 0.2) is 0 Å². The smallest absolute Gasteiger partial charge is 0.242 e. The van der Waals surface area contributed by atoms with Crippen LogP contribution in [0.25, 0.3) is 0 Å². The summed E-state index contributed by atoms with van der Waals surface area (Å²) < 4.78 is 39.3. The van der Waals surface area contributed by atoms with Gasteiger partial charge in [0, 0.05) is 0 Å². The average molecular weight is 329 g/mol. The van der Waals surface area contributed by atoms with Crippen molar-refractivity contribution in [1.29, 1.82) is 0 Å². The van der Waals surface area contributed by atoms with Gasteiger partial charge in [-0.25, -0.2) is 12.8 Å². The van der Waals surface area contributed by atoms with Crippen LogP contribution in [0, 0.1) is 5.82 Å². The van der Waals surface area contributed by atoms with E-state index in [0.717, 1.165) is 12.1 Å². The predicted molar refractivity (Wildman–Crippen MR) is 70.1 cm³/mol. The van der Waals surface area contributed by atoms with Gasteiger partial charge in [-0.3, -0.25) is 0 Å². The first-order valence-corrected chi connectivity index (χ1v) is 7.18. The Morgan fingerprint density at radius 3 is 2.20 bits per heavy atom. The van der Waals surface area contributed by atoms with Gasteiger partial charge in [0.25, 0.3) is 0 Å². The Bertz CT molecular complexity index is 583. The summed E-state index contributed by atoms with van der Waals surface area (Å²) in [5.41, 5.74) is 2.97. The maximum Gasteiger partial charge on any atom is 0.242 e. The van der Waals surface area contributed by atoms with Gasteiger partial charge >= 0.3 is 0 Å². The zero-order valence-corrected chi connectivity index (χ0v) is 11.7. The second-order valence-electron chi connectivity index (χ2n) is 4.16. The number of nitrogens with one attached hydrogen (secondary N) is 1. The lowest BCUT2D eigenvalue weighted by molar-refractivity contribution is 0.0582. The van der Waals surface area contributed by atoms with Gasteiger partial charge in [0.2, 0.25) is 10.0 Å². The van der Waals surface area contributed by atoms with Gasteiger partial charge in [0.05, 0.1) is 30.5 Å². The third-order valence-corrected chi connectivity index (χ3v) is 4.64. The number of aliphatic hydroxyl groups is 3. The lowest BCUT2D eigenvalue weighted by Crippen LogP contribution is -2.56. The molecule has 7 nitrogen and oxygen atoms in total. The lowest BCUT2D eigenvalue weighted by Gasteiger charge is -2.28. The molecule has 1 aromatic carbocycles. The van der Waals surface area contributed by atoms with E-state index in [1.807, 2.05) is 4.72 Å². The summed E-state index contributed by atoms with van der Waals surface area (Å²) in [6.07, 6.45) is 0. The first-order valence-electron chi connectivity index (χ1n) is 5.32. The van der Waals surface area contributed by atoms with Gasteiger partial charge in [-0.2, -0.15) is 4.72 Å². The molecule has 0 heterocycles. The lowest BCUT2D eigenvalue weighted by atomic mass is 10.1. The molecule has 0 aliphatic rings. The van der Waals surface area contributed by atoms with Crippen LogP contribution >= 0.6 is 11.6 Å². The summed E-state index contributed by atoms with van der Waals surface area (Å²) in [5, 5.41) is 26.8. The highest BCUT2D eigenvalue weighted by atomic mass is 35.5. The quantitative estimate of drug-likeness (QED) is 0.428. The normalized spacial score (nSPS) is 12.7. The van der Waals surface area contributed by atoms with Crippen LogP contribution in [0.5, 0.6) is 0 Å². The van der Waals surface area contributed by atoms with Crippen molar-refractivity contribution in [2.75, 3.05) is 25.6 Å². The van der Waals surface area contributed by atoms with Gasteiger partial charge in [-0.05, 0) is 12.1 Å². The summed E-state index contributed by atoms with van der Waals surface area (Å²) in [4.78, 5) is -0.530. The van der Waals surface area contributed by atoms with E-state index in [9.17, 15) is 12.8 Å². The number of aliphatic hydroxyl groups excluding tert-OH is 3. The van der Waals surface area contributed by atoms with Crippen molar-refractivity contribution in [2.24, 2.45) is 0 Å². The molecule has 0 saturated heterocycles. The molecule has 0 amide bonds. The van der Waals surface area contributed by atoms with E-state index in [1.165, 1.54) is 0 Å². The number of sulfonamides is 1. The van der Waals surface area contributed by atoms with Gasteiger partial charge < -0.3 is 21.1 Å². The first-order chi connectivity index (χ1) is 9.21. The molecule has 0 spiro atoms. The Labute approximate surface area is 119 Å². The highest BCUT2D eigenvalue weighted by molar-refractivity contribution is 7.89. The molecule has 0 saturated carbocycles. The molecule has 0 radical (unpaired) electrons. The second-order valence-corrected chi connectivity index (χ2v) is 6.22. The summed E-state index contributed by atoms with van der Waals surface area (Å²) >= 11 is 5.64. The third kappa shape index (κ3) is 3.37. The molecular weight excluding hydrogens is 315 g/mol. The molecule has 0 aliphatic heterocycles. The van der Waals surface area contributed by atoms with E-state index in [4.69, 9.17) is 32.7 Å². The summed E-state index contributed by atoms with van der Waals surface area (Å²) in [6.45, 7) is -2.56. The molecule has 10 heteroatoms. The van der Waals surface area contributed by atoms with Gasteiger partial charge in [0.1, 0.15) is 16.3 Å². The maximum absolute atomic E-state index is 13.1. The standard InChI is InChI=1S/C10H14ClFN2O5S/c11-6-1-7(12)8(13)2-9(6)20(18,19)14-10(3-15,4-16)5-17/h1-2,14-17H,3-5,13H2. The number of nitrogens with two attached hydrogens (primary N) is 1. The first kappa shape index (κ1) is 17.1. The highest BCUT2D eigenvalue weighted by Gasteiger charge is 2.35. The van der Waals surface area contributed by atoms with Crippen LogP contribution in [0.3, 0.4) is 0 Å². The van der Waals surface area contributed by atoms with Crippen LogP contribution in [0.2, 0.25) is 5.02 Å². The van der Waals surface area contributed by atoms with Crippen LogP contribution in [0.15, 0.2) is 17.0 Å². The van der Waals surface area contributed by atoms with E-state index < -0.39 is 56.8 Å². The van der Waals surface area contributed by atoms with Crippen molar-refractivity contribution in [2.45, 2.75) is 10.4 Å². The van der Waals surface area contributed by atoms with Gasteiger partial charge in [-0.1, -0.05) is 11.6 Å². The second kappa shape index (κ2) is 6.20. The Hall–Kier alpha value is -0.970. The minimum atomic E-state index is -4.33. The maximum atomic E-state index is 13.1. The van der Waals surface area contributed by atoms with Crippen LogP contribution in [0.4, 0.5) is 10.1 Å². The summed E-state index contributed by atoms with van der Waals surface area (Å²) in [5.74, 6) is -0.883. The predicted octanol–water partition coefficient (Wildman–Crippen LogP) is -0.945. The molecule has 0 aromatic heterocycles. The van der Waals surface area contributed by atoms with Crippen molar-refractivity contribution in [3.05, 3.63) is 23.0 Å². The number of hydrogen-bond acceptors (Lipinski definition) is 6. The summed E-state index contributed by atoms with van der Waals surface area (Å²) in [7, 11) is -4.33. The van der Waals surface area contributed by atoms with E-state index in [1.54, 1.807) is 0 Å². The Kier molecular flexibility index (Phi) is 5.30. The van der Waals surface area contributed by atoms with Crippen LogP contribution < -0.4 is 10.5 Å². The zero-order valence-electron chi connectivity index (χ0n) is 10.2. The third-order valence-electron chi connectivity index (χ3n) is 2.60. The van der Waals surface area contributed by atoms with Crippen LogP contribution in [-0.2, 0) is 10.0 Å². The number of rotatable bonds is 6. The molecule has 0 atom stereocenters. The van der Waals surface area contributed by atoms with E-state index in [-0.39, 0.29) is 0 Å². The molecular formula is C10H14ClFN2O5S. The Morgan fingerprint density at radius 1 is 1.25 bits per heavy atom. The van der Waals surface area contributed by atoms with E-state index >= 15 is 0 Å². The minimum absolute atomic E-state index is 0.424. The van der Waals surface area contributed by atoms with Crippen LogP contribution in [-0.4, -0.2) is 49.1 Å². The molecule has 0 bridgehead atoms. The zero-order chi connectivity index (χ0) is 15.6. The molecule has 1 rings (SSSR count). The largest absolute Gasteiger partial charge is 0.396 e. The van der Waals surface area contributed by atoms with Gasteiger partial charge in [-0.15, -0.1) is 0 Å². The van der Waals surface area contributed by atoms with Crippen molar-refractivity contribution in [1.82, 2.24) is 4.72 Å². The number of anilines is 1. The topological polar surface area (TPSA) is 133 Å². The number of halogens is 2. The molecule has 0 fully saturated rings. The summed E-state index contributed by atoms with van der Waals surface area (Å²) in [6, 6.07) is 1.53. The van der Waals surface area contributed by atoms with Crippen molar-refractivity contribution in [3.63, 3.8) is 0 Å². The van der Waals surface area contributed by atoms with E-state index in [0.29, 0.717) is 0 Å². The van der Waals surface area contributed by atoms with E-state index in [2.05, 4.69) is 0 Å². The molecule has 114 valence electrons. The molecule has 1 aromatic rings. The van der Waals surface area contributed by atoms with Crippen molar-refractivity contribution >= 4 is 27.3 Å². The monoisotopic (exact) mass is 328 g/mol.